The lowest BCUT2D eigenvalue weighted by Crippen LogP contribution is -2.54. The van der Waals surface area contributed by atoms with Gasteiger partial charge in [-0.05, 0) is 124 Å². The number of carbonyl (C=O) groups is 2. The Morgan fingerprint density at radius 1 is 1.09 bits per heavy atom. The third-order valence-corrected chi connectivity index (χ3v) is 7.37. The molecule has 2 amide bonds. The van der Waals surface area contributed by atoms with Crippen LogP contribution in [-0.4, -0.2) is 29.0 Å². The minimum absolute atomic E-state index is 0.0796. The van der Waals surface area contributed by atoms with Gasteiger partial charge < -0.3 is 4.90 Å². The van der Waals surface area contributed by atoms with Crippen LogP contribution in [0.4, 0.5) is 11.4 Å². The number of anilines is 2. The quantitative estimate of drug-likeness (QED) is 0.328. The summed E-state index contributed by atoms with van der Waals surface area (Å²) in [4.78, 5) is 30.4. The molecule has 2 aliphatic rings. The third-order valence-electron chi connectivity index (χ3n) is 7.09. The lowest BCUT2D eigenvalue weighted by Gasteiger charge is -2.48. The number of rotatable bonds is 4. The molecule has 2 aromatic rings. The van der Waals surface area contributed by atoms with Gasteiger partial charge in [0, 0.05) is 17.8 Å². The fourth-order valence-corrected chi connectivity index (χ4v) is 5.86. The van der Waals surface area contributed by atoms with Crippen LogP contribution in [0.2, 0.25) is 0 Å². The molecule has 1 saturated heterocycles. The standard InChI is InChI=1S/C29H35N3O2S/c1-8-9-31-25-13-19(4)21(14-23(25)20(5)16-29(31,6)7)15-24-26(33)30-28(35)32(27(24)34)22-11-17(2)10-18(3)12-22/h10-15,20H,8-9,16H2,1-7H3,(H,30,33,35)/b24-15-. The molecule has 2 aliphatic heterocycles. The Balaban J connectivity index is 1.78. The summed E-state index contributed by atoms with van der Waals surface area (Å²) in [6, 6.07) is 10.2. The Bertz CT molecular complexity index is 1240. The van der Waals surface area contributed by atoms with Gasteiger partial charge in [-0.15, -0.1) is 0 Å². The summed E-state index contributed by atoms with van der Waals surface area (Å²) in [6.07, 6.45) is 3.85. The number of nitrogens with one attached hydrogen (secondary N) is 1. The predicted molar refractivity (Wildman–Crippen MR) is 148 cm³/mol. The van der Waals surface area contributed by atoms with Crippen molar-refractivity contribution < 1.29 is 9.59 Å². The Morgan fingerprint density at radius 2 is 1.74 bits per heavy atom. The van der Waals surface area contributed by atoms with E-state index in [2.05, 4.69) is 50.0 Å². The van der Waals surface area contributed by atoms with E-state index in [1.54, 1.807) is 6.08 Å². The van der Waals surface area contributed by atoms with Crippen LogP contribution in [0.5, 0.6) is 0 Å². The van der Waals surface area contributed by atoms with E-state index in [1.165, 1.54) is 16.2 Å². The Hall–Kier alpha value is -2.99. The van der Waals surface area contributed by atoms with Crippen LogP contribution in [0.3, 0.4) is 0 Å². The molecule has 6 heteroatoms. The predicted octanol–water partition coefficient (Wildman–Crippen LogP) is 5.95. The van der Waals surface area contributed by atoms with Crippen LogP contribution in [-0.2, 0) is 9.59 Å². The van der Waals surface area contributed by atoms with Gasteiger partial charge in [-0.3, -0.25) is 19.8 Å². The molecule has 1 unspecified atom stereocenters. The van der Waals surface area contributed by atoms with E-state index in [0.29, 0.717) is 11.6 Å². The van der Waals surface area contributed by atoms with E-state index in [9.17, 15) is 9.59 Å². The zero-order valence-corrected chi connectivity index (χ0v) is 22.6. The summed E-state index contributed by atoms with van der Waals surface area (Å²) in [5, 5.41) is 2.82. The molecule has 0 saturated carbocycles. The first-order valence-electron chi connectivity index (χ1n) is 12.3. The number of hydrogen-bond acceptors (Lipinski definition) is 4. The second kappa shape index (κ2) is 9.23. The van der Waals surface area contributed by atoms with Crippen LogP contribution >= 0.6 is 12.2 Å². The van der Waals surface area contributed by atoms with Gasteiger partial charge in [-0.2, -0.15) is 0 Å². The fraction of sp³-hybridized carbons (Fsp3) is 0.414. The van der Waals surface area contributed by atoms with E-state index in [0.717, 1.165) is 41.6 Å². The molecular formula is C29H35N3O2S. The fourth-order valence-electron chi connectivity index (χ4n) is 5.58. The third kappa shape index (κ3) is 4.64. The normalized spacial score (nSPS) is 20.8. The first-order valence-corrected chi connectivity index (χ1v) is 12.8. The number of carbonyl (C=O) groups excluding carboxylic acids is 2. The molecule has 184 valence electrons. The molecule has 2 aromatic carbocycles. The molecule has 5 nitrogen and oxygen atoms in total. The van der Waals surface area contributed by atoms with E-state index in [1.807, 2.05) is 39.0 Å². The second-order valence-corrected chi connectivity index (χ2v) is 11.0. The lowest BCUT2D eigenvalue weighted by molar-refractivity contribution is -0.122. The maximum absolute atomic E-state index is 13.6. The van der Waals surface area contributed by atoms with Gasteiger partial charge in [-0.25, -0.2) is 0 Å². The molecule has 4 rings (SSSR count). The Morgan fingerprint density at radius 3 is 2.37 bits per heavy atom. The molecular weight excluding hydrogens is 454 g/mol. The van der Waals surface area contributed by atoms with Gasteiger partial charge in [0.15, 0.2) is 5.11 Å². The molecule has 1 N–H and O–H groups in total. The van der Waals surface area contributed by atoms with Crippen molar-refractivity contribution >= 4 is 46.6 Å². The Labute approximate surface area is 214 Å². The first-order chi connectivity index (χ1) is 16.4. The summed E-state index contributed by atoms with van der Waals surface area (Å²) in [6.45, 7) is 16.1. The van der Waals surface area contributed by atoms with Crippen LogP contribution in [0.15, 0.2) is 35.9 Å². The average Bonchev–Trinajstić information content (AvgIpc) is 2.73. The van der Waals surface area contributed by atoms with E-state index in [-0.39, 0.29) is 16.2 Å². The SMILES string of the molecule is CCCN1c2cc(C)c(/C=C3/C(=O)NC(=S)N(c4cc(C)cc(C)c4)C3=O)cc2C(C)CC1(C)C. The monoisotopic (exact) mass is 489 g/mol. The number of hydrogen-bond donors (Lipinski definition) is 1. The molecule has 35 heavy (non-hydrogen) atoms. The molecule has 0 bridgehead atoms. The van der Waals surface area contributed by atoms with Gasteiger partial charge in [-0.1, -0.05) is 19.9 Å². The van der Waals surface area contributed by atoms with Gasteiger partial charge in [0.05, 0.1) is 5.69 Å². The van der Waals surface area contributed by atoms with Gasteiger partial charge >= 0.3 is 0 Å². The Kier molecular flexibility index (Phi) is 6.62. The van der Waals surface area contributed by atoms with Crippen LogP contribution < -0.4 is 15.1 Å². The molecule has 0 aromatic heterocycles. The molecule has 1 atom stereocenters. The highest BCUT2D eigenvalue weighted by atomic mass is 32.1. The number of benzene rings is 2. The molecule has 0 aliphatic carbocycles. The average molecular weight is 490 g/mol. The van der Waals surface area contributed by atoms with Crippen LogP contribution in [0, 0.1) is 20.8 Å². The van der Waals surface area contributed by atoms with Crippen molar-refractivity contribution in [2.45, 2.75) is 72.8 Å². The van der Waals surface area contributed by atoms with Crippen molar-refractivity contribution in [3.05, 3.63) is 63.7 Å². The van der Waals surface area contributed by atoms with Crippen molar-refractivity contribution in [1.29, 1.82) is 0 Å². The van der Waals surface area contributed by atoms with E-state index in [4.69, 9.17) is 12.2 Å². The summed E-state index contributed by atoms with van der Waals surface area (Å²) in [7, 11) is 0. The zero-order valence-electron chi connectivity index (χ0n) is 21.8. The first kappa shape index (κ1) is 25.1. The van der Waals surface area contributed by atoms with E-state index >= 15 is 0 Å². The van der Waals surface area contributed by atoms with Crippen molar-refractivity contribution in [2.24, 2.45) is 0 Å². The number of fused-ring (bicyclic) bond motifs is 1. The number of aryl methyl sites for hydroxylation is 3. The minimum atomic E-state index is -0.459. The largest absolute Gasteiger partial charge is 0.366 e. The summed E-state index contributed by atoms with van der Waals surface area (Å²) < 4.78 is 0. The maximum Gasteiger partial charge on any atom is 0.270 e. The number of nitrogens with zero attached hydrogens (tertiary/aromatic N) is 2. The molecule has 1 fully saturated rings. The zero-order chi connectivity index (χ0) is 25.7. The van der Waals surface area contributed by atoms with E-state index < -0.39 is 11.8 Å². The van der Waals surface area contributed by atoms with Crippen molar-refractivity contribution in [2.75, 3.05) is 16.3 Å². The second-order valence-electron chi connectivity index (χ2n) is 10.6. The topological polar surface area (TPSA) is 52.7 Å². The number of thiocarbonyl (C=S) groups is 1. The van der Waals surface area contributed by atoms with Gasteiger partial charge in [0.2, 0.25) is 0 Å². The maximum atomic E-state index is 13.6. The van der Waals surface area contributed by atoms with Crippen molar-refractivity contribution in [3.8, 4) is 0 Å². The summed E-state index contributed by atoms with van der Waals surface area (Å²) in [5.41, 5.74) is 7.33. The minimum Gasteiger partial charge on any atom is -0.366 e. The van der Waals surface area contributed by atoms with Crippen LogP contribution in [0.1, 0.15) is 74.3 Å². The van der Waals surface area contributed by atoms with Crippen molar-refractivity contribution in [3.63, 3.8) is 0 Å². The molecule has 0 spiro atoms. The van der Waals surface area contributed by atoms with Crippen molar-refractivity contribution in [1.82, 2.24) is 5.32 Å². The van der Waals surface area contributed by atoms with Crippen LogP contribution in [0.25, 0.3) is 6.08 Å². The highest BCUT2D eigenvalue weighted by molar-refractivity contribution is 7.80. The lowest BCUT2D eigenvalue weighted by atomic mass is 9.78. The molecule has 0 radical (unpaired) electrons. The smallest absolute Gasteiger partial charge is 0.270 e. The molecule has 2 heterocycles. The highest BCUT2D eigenvalue weighted by Gasteiger charge is 2.37. The van der Waals surface area contributed by atoms with Gasteiger partial charge in [0.25, 0.3) is 11.8 Å². The summed E-state index contributed by atoms with van der Waals surface area (Å²) >= 11 is 5.39. The highest BCUT2D eigenvalue weighted by Crippen LogP contribution is 2.44. The number of amides is 2. The summed E-state index contributed by atoms with van der Waals surface area (Å²) in [5.74, 6) is -0.483. The van der Waals surface area contributed by atoms with Gasteiger partial charge in [0.1, 0.15) is 5.57 Å².